The van der Waals surface area contributed by atoms with Crippen molar-refractivity contribution in [1.29, 1.82) is 0 Å². The van der Waals surface area contributed by atoms with Crippen molar-refractivity contribution in [1.82, 2.24) is 10.2 Å². The first-order valence-corrected chi connectivity index (χ1v) is 11.9. The fourth-order valence-corrected chi connectivity index (χ4v) is 7.19. The van der Waals surface area contributed by atoms with E-state index in [1.165, 1.54) is 19.3 Å². The van der Waals surface area contributed by atoms with E-state index in [-0.39, 0.29) is 11.5 Å². The molecule has 4 saturated carbocycles. The molecule has 0 atom stereocenters. The lowest BCUT2D eigenvalue weighted by Gasteiger charge is -2.56. The van der Waals surface area contributed by atoms with Gasteiger partial charge in [0, 0.05) is 24.5 Å². The van der Waals surface area contributed by atoms with Crippen molar-refractivity contribution >= 4 is 40.5 Å². The Morgan fingerprint density at radius 2 is 1.62 bits per heavy atom. The Labute approximate surface area is 183 Å². The number of nitrogens with zero attached hydrogens (tertiary/aromatic N) is 1. The third kappa shape index (κ3) is 3.88. The summed E-state index contributed by atoms with van der Waals surface area (Å²) in [6, 6.07) is 7.93. The highest BCUT2D eigenvalue weighted by molar-refractivity contribution is 7.80. The second kappa shape index (κ2) is 7.73. The Bertz CT molecular complexity index is 770. The number of rotatable bonds is 3. The van der Waals surface area contributed by atoms with Crippen molar-refractivity contribution in [3.63, 3.8) is 0 Å². The number of piperidine rings is 1. The highest BCUT2D eigenvalue weighted by Gasteiger charge is 2.54. The van der Waals surface area contributed by atoms with E-state index in [0.717, 1.165) is 68.6 Å². The average molecular weight is 432 g/mol. The molecule has 5 fully saturated rings. The maximum Gasteiger partial charge on any atom is 0.226 e. The van der Waals surface area contributed by atoms with Gasteiger partial charge in [-0.25, -0.2) is 0 Å². The molecule has 1 aromatic rings. The van der Waals surface area contributed by atoms with E-state index in [2.05, 4.69) is 15.5 Å². The molecule has 1 aromatic carbocycles. The number of carbonyl (C=O) groups excluding carboxylic acids is 1. The highest BCUT2D eigenvalue weighted by Crippen LogP contribution is 2.60. The number of amides is 1. The number of hydrogen-bond acceptors (Lipinski definition) is 2. The lowest BCUT2D eigenvalue weighted by molar-refractivity contribution is -0.147. The Balaban J connectivity index is 1.14. The average Bonchev–Trinajstić information content (AvgIpc) is 2.69. The number of hydrogen-bond donors (Lipinski definition) is 2. The van der Waals surface area contributed by atoms with Gasteiger partial charge in [-0.05, 0) is 93.5 Å². The van der Waals surface area contributed by atoms with Crippen LogP contribution < -0.4 is 10.6 Å². The Hall–Kier alpha value is -1.33. The van der Waals surface area contributed by atoms with Crippen molar-refractivity contribution in [2.24, 2.45) is 23.2 Å². The summed E-state index contributed by atoms with van der Waals surface area (Å²) < 4.78 is 0. The van der Waals surface area contributed by atoms with Crippen LogP contribution in [-0.2, 0) is 4.79 Å². The van der Waals surface area contributed by atoms with Crippen LogP contribution in [0.5, 0.6) is 0 Å². The van der Waals surface area contributed by atoms with Gasteiger partial charge in [0.05, 0.1) is 10.7 Å². The molecule has 5 aliphatic rings. The van der Waals surface area contributed by atoms with Crippen molar-refractivity contribution in [3.05, 3.63) is 29.3 Å². The fourth-order valence-electron chi connectivity index (χ4n) is 6.71. The number of benzene rings is 1. The normalized spacial score (nSPS) is 33.6. The lowest BCUT2D eigenvalue weighted by atomic mass is 9.49. The predicted molar refractivity (Wildman–Crippen MR) is 121 cm³/mol. The lowest BCUT2D eigenvalue weighted by Crippen LogP contribution is -2.56. The van der Waals surface area contributed by atoms with Crippen LogP contribution in [0.2, 0.25) is 5.02 Å². The zero-order valence-electron chi connectivity index (χ0n) is 16.8. The van der Waals surface area contributed by atoms with Crippen LogP contribution in [0.15, 0.2) is 24.3 Å². The molecule has 29 heavy (non-hydrogen) atoms. The zero-order chi connectivity index (χ0) is 20.0. The molecule has 1 aliphatic heterocycles. The Morgan fingerprint density at radius 3 is 2.21 bits per heavy atom. The van der Waals surface area contributed by atoms with Crippen LogP contribution in [0.25, 0.3) is 0 Å². The Morgan fingerprint density at radius 1 is 1.03 bits per heavy atom. The maximum absolute atomic E-state index is 13.3. The summed E-state index contributed by atoms with van der Waals surface area (Å²) in [4.78, 5) is 15.5. The van der Waals surface area contributed by atoms with Crippen molar-refractivity contribution in [3.8, 4) is 0 Å². The first kappa shape index (κ1) is 19.6. The van der Waals surface area contributed by atoms with Crippen LogP contribution in [-0.4, -0.2) is 35.1 Å². The van der Waals surface area contributed by atoms with E-state index >= 15 is 0 Å². The second-order valence-electron chi connectivity index (χ2n) is 9.84. The third-order valence-corrected chi connectivity index (χ3v) is 8.44. The molecule has 0 radical (unpaired) electrons. The van der Waals surface area contributed by atoms with Crippen molar-refractivity contribution < 1.29 is 4.79 Å². The molecule has 156 valence electrons. The van der Waals surface area contributed by atoms with E-state index in [0.29, 0.717) is 16.0 Å². The SMILES string of the molecule is O=C(NC1CCN(C(=S)Nc2ccccc2Cl)CC1)C12CC3CC(CC(C3)C1)C2. The summed E-state index contributed by atoms with van der Waals surface area (Å²) in [6.45, 7) is 1.73. The molecule has 4 bridgehead atoms. The zero-order valence-corrected chi connectivity index (χ0v) is 18.4. The van der Waals surface area contributed by atoms with Gasteiger partial charge in [0.1, 0.15) is 0 Å². The highest BCUT2D eigenvalue weighted by atomic mass is 35.5. The molecule has 4 aliphatic carbocycles. The van der Waals surface area contributed by atoms with E-state index < -0.39 is 0 Å². The van der Waals surface area contributed by atoms with E-state index in [4.69, 9.17) is 23.8 Å². The fraction of sp³-hybridized carbons (Fsp3) is 0.652. The second-order valence-corrected chi connectivity index (χ2v) is 10.6. The molecule has 6 heteroatoms. The Kier molecular flexibility index (Phi) is 5.23. The number of thiocarbonyl (C=S) groups is 1. The maximum atomic E-state index is 13.3. The predicted octanol–water partition coefficient (Wildman–Crippen LogP) is 4.83. The molecule has 1 amide bonds. The van der Waals surface area contributed by atoms with Crippen molar-refractivity contribution in [2.45, 2.75) is 57.4 Å². The molecule has 1 saturated heterocycles. The minimum absolute atomic E-state index is 0.0488. The van der Waals surface area contributed by atoms with Gasteiger partial charge in [0.15, 0.2) is 5.11 Å². The summed E-state index contributed by atoms with van der Waals surface area (Å²) >= 11 is 11.8. The van der Waals surface area contributed by atoms with Crippen LogP contribution in [0.3, 0.4) is 0 Å². The number of likely N-dealkylation sites (tertiary alicyclic amines) is 1. The van der Waals surface area contributed by atoms with Gasteiger partial charge in [-0.3, -0.25) is 4.79 Å². The molecule has 0 aromatic heterocycles. The summed E-state index contributed by atoms with van der Waals surface area (Å²) in [5.74, 6) is 2.78. The molecule has 4 nitrogen and oxygen atoms in total. The van der Waals surface area contributed by atoms with Gasteiger partial charge in [0.25, 0.3) is 0 Å². The van der Waals surface area contributed by atoms with E-state index in [1.54, 1.807) is 0 Å². The number of halogens is 1. The van der Waals surface area contributed by atoms with Crippen LogP contribution in [0.4, 0.5) is 5.69 Å². The molecule has 1 heterocycles. The summed E-state index contributed by atoms with van der Waals surface area (Å²) in [5, 5.41) is 8.09. The monoisotopic (exact) mass is 431 g/mol. The summed E-state index contributed by atoms with van der Waals surface area (Å²) in [5.41, 5.74) is 0.795. The van der Waals surface area contributed by atoms with Gasteiger partial charge >= 0.3 is 0 Å². The minimum Gasteiger partial charge on any atom is -0.353 e. The van der Waals surface area contributed by atoms with Crippen LogP contribution >= 0.6 is 23.8 Å². The standard InChI is InChI=1S/C23H30ClN3OS/c24-19-3-1-2-4-20(19)26-22(29)27-7-5-18(6-8-27)25-21(28)23-12-15-9-16(13-23)11-17(10-15)14-23/h1-4,15-18H,5-14H2,(H,25,28)(H,26,29). The number of nitrogens with one attached hydrogen (secondary N) is 2. The quantitative estimate of drug-likeness (QED) is 0.672. The molecule has 2 N–H and O–H groups in total. The first-order chi connectivity index (χ1) is 14.0. The minimum atomic E-state index is -0.0488. The van der Waals surface area contributed by atoms with E-state index in [9.17, 15) is 4.79 Å². The molecule has 0 unspecified atom stereocenters. The van der Waals surface area contributed by atoms with E-state index in [1.807, 2.05) is 24.3 Å². The van der Waals surface area contributed by atoms with Crippen molar-refractivity contribution in [2.75, 3.05) is 18.4 Å². The molecular formula is C23H30ClN3OS. The van der Waals surface area contributed by atoms with Gasteiger partial charge in [-0.2, -0.15) is 0 Å². The third-order valence-electron chi connectivity index (χ3n) is 7.75. The number of para-hydroxylation sites is 1. The van der Waals surface area contributed by atoms with Gasteiger partial charge in [0.2, 0.25) is 5.91 Å². The van der Waals surface area contributed by atoms with Gasteiger partial charge < -0.3 is 15.5 Å². The number of anilines is 1. The largest absolute Gasteiger partial charge is 0.353 e. The molecule has 0 spiro atoms. The molecule has 6 rings (SSSR count). The van der Waals surface area contributed by atoms with Gasteiger partial charge in [-0.15, -0.1) is 0 Å². The van der Waals surface area contributed by atoms with Gasteiger partial charge in [-0.1, -0.05) is 23.7 Å². The topological polar surface area (TPSA) is 44.4 Å². The summed E-state index contributed by atoms with van der Waals surface area (Å²) in [7, 11) is 0. The summed E-state index contributed by atoms with van der Waals surface area (Å²) in [6.07, 6.45) is 9.42. The van der Waals surface area contributed by atoms with Crippen LogP contribution in [0, 0.1) is 23.2 Å². The smallest absolute Gasteiger partial charge is 0.226 e. The molecular weight excluding hydrogens is 402 g/mol. The number of carbonyl (C=O) groups is 1. The van der Waals surface area contributed by atoms with Crippen LogP contribution in [0.1, 0.15) is 51.4 Å². The first-order valence-electron chi connectivity index (χ1n) is 11.1.